The van der Waals surface area contributed by atoms with Crippen LogP contribution in [0.2, 0.25) is 0 Å². The fourth-order valence-electron chi connectivity index (χ4n) is 2.15. The SMILES string of the molecule is COC1(CNCCCCC(C)(C)C#N)CCOC1. The van der Waals surface area contributed by atoms with E-state index in [-0.39, 0.29) is 11.0 Å². The summed E-state index contributed by atoms with van der Waals surface area (Å²) in [5.74, 6) is 0. The van der Waals surface area contributed by atoms with Crippen LogP contribution in [0.3, 0.4) is 0 Å². The lowest BCUT2D eigenvalue weighted by atomic mass is 9.89. The molecule has 0 spiro atoms. The van der Waals surface area contributed by atoms with Crippen molar-refractivity contribution in [2.75, 3.05) is 33.4 Å². The smallest absolute Gasteiger partial charge is 0.106 e. The number of nitrogens with one attached hydrogen (secondary N) is 1. The van der Waals surface area contributed by atoms with Crippen molar-refractivity contribution in [2.45, 2.75) is 45.1 Å². The van der Waals surface area contributed by atoms with E-state index in [2.05, 4.69) is 11.4 Å². The van der Waals surface area contributed by atoms with Gasteiger partial charge in [0, 0.05) is 26.7 Å². The quantitative estimate of drug-likeness (QED) is 0.674. The van der Waals surface area contributed by atoms with Crippen LogP contribution in [0.15, 0.2) is 0 Å². The van der Waals surface area contributed by atoms with E-state index in [9.17, 15) is 0 Å². The number of hydrogen-bond donors (Lipinski definition) is 1. The number of unbranched alkanes of at least 4 members (excludes halogenated alkanes) is 1. The first kappa shape index (κ1) is 15.4. The zero-order chi connectivity index (χ0) is 13.5. The van der Waals surface area contributed by atoms with E-state index in [1.165, 1.54) is 0 Å². The third-order valence-corrected chi connectivity index (χ3v) is 3.66. The normalized spacial score (nSPS) is 24.1. The van der Waals surface area contributed by atoms with Crippen molar-refractivity contribution in [1.29, 1.82) is 5.26 Å². The third kappa shape index (κ3) is 4.93. The van der Waals surface area contributed by atoms with Crippen LogP contribution in [-0.4, -0.2) is 39.0 Å². The molecule has 1 atom stereocenters. The Balaban J connectivity index is 2.07. The summed E-state index contributed by atoms with van der Waals surface area (Å²) in [6.45, 7) is 7.31. The van der Waals surface area contributed by atoms with Crippen LogP contribution in [-0.2, 0) is 9.47 Å². The average Bonchev–Trinajstić information content (AvgIpc) is 2.83. The Labute approximate surface area is 111 Å². The standard InChI is InChI=1S/C14H26N2O2/c1-13(2,10-15)6-4-5-8-16-11-14(17-3)7-9-18-12-14/h16H,4-9,11-12H2,1-3H3. The van der Waals surface area contributed by atoms with Crippen molar-refractivity contribution >= 4 is 0 Å². The fourth-order valence-corrected chi connectivity index (χ4v) is 2.15. The summed E-state index contributed by atoms with van der Waals surface area (Å²) < 4.78 is 10.9. The second-order valence-electron chi connectivity index (χ2n) is 5.82. The molecule has 1 unspecified atom stereocenters. The second-order valence-corrected chi connectivity index (χ2v) is 5.82. The number of rotatable bonds is 8. The molecule has 1 rings (SSSR count). The van der Waals surface area contributed by atoms with Gasteiger partial charge in [0.2, 0.25) is 0 Å². The van der Waals surface area contributed by atoms with Crippen LogP contribution in [0.5, 0.6) is 0 Å². The van der Waals surface area contributed by atoms with Crippen LogP contribution in [0.25, 0.3) is 0 Å². The molecule has 1 heterocycles. The summed E-state index contributed by atoms with van der Waals surface area (Å²) in [5, 5.41) is 12.3. The van der Waals surface area contributed by atoms with E-state index in [4.69, 9.17) is 14.7 Å². The summed E-state index contributed by atoms with van der Waals surface area (Å²) in [6, 6.07) is 2.34. The number of nitrogens with zero attached hydrogens (tertiary/aromatic N) is 1. The molecular weight excluding hydrogens is 228 g/mol. The highest BCUT2D eigenvalue weighted by atomic mass is 16.5. The summed E-state index contributed by atoms with van der Waals surface area (Å²) >= 11 is 0. The van der Waals surface area contributed by atoms with Crippen LogP contribution >= 0.6 is 0 Å². The Kier molecular flexibility index (Phi) is 6.07. The lowest BCUT2D eigenvalue weighted by molar-refractivity contribution is -0.0156. The molecular formula is C14H26N2O2. The molecule has 1 saturated heterocycles. The summed E-state index contributed by atoms with van der Waals surface area (Å²) in [6.07, 6.45) is 4.12. The minimum absolute atomic E-state index is 0.119. The van der Waals surface area contributed by atoms with E-state index >= 15 is 0 Å². The first-order chi connectivity index (χ1) is 8.54. The van der Waals surface area contributed by atoms with E-state index in [0.29, 0.717) is 6.61 Å². The molecule has 0 saturated carbocycles. The third-order valence-electron chi connectivity index (χ3n) is 3.66. The molecule has 104 valence electrons. The summed E-state index contributed by atoms with van der Waals surface area (Å²) in [5.41, 5.74) is -0.307. The predicted octanol–water partition coefficient (Wildman–Crippen LogP) is 2.10. The minimum Gasteiger partial charge on any atom is -0.378 e. The number of nitriles is 1. The van der Waals surface area contributed by atoms with Crippen molar-refractivity contribution in [3.8, 4) is 6.07 Å². The van der Waals surface area contributed by atoms with Gasteiger partial charge < -0.3 is 14.8 Å². The molecule has 0 aromatic rings. The maximum Gasteiger partial charge on any atom is 0.106 e. The van der Waals surface area contributed by atoms with Gasteiger partial charge in [0.1, 0.15) is 5.60 Å². The minimum atomic E-state index is -0.187. The Bertz CT molecular complexity index is 278. The Hall–Kier alpha value is -0.630. The maximum atomic E-state index is 8.91. The lowest BCUT2D eigenvalue weighted by Crippen LogP contribution is -2.43. The molecule has 4 heteroatoms. The van der Waals surface area contributed by atoms with Gasteiger partial charge in [0.05, 0.1) is 18.1 Å². The predicted molar refractivity (Wildman–Crippen MR) is 71.3 cm³/mol. The Morgan fingerprint density at radius 1 is 1.44 bits per heavy atom. The van der Waals surface area contributed by atoms with E-state index < -0.39 is 0 Å². The molecule has 0 aliphatic carbocycles. The van der Waals surface area contributed by atoms with Crippen molar-refractivity contribution in [3.05, 3.63) is 0 Å². The molecule has 1 aliphatic heterocycles. The van der Waals surface area contributed by atoms with Gasteiger partial charge in [-0.25, -0.2) is 0 Å². The molecule has 18 heavy (non-hydrogen) atoms. The van der Waals surface area contributed by atoms with E-state index in [0.717, 1.165) is 45.4 Å². The highest BCUT2D eigenvalue weighted by molar-refractivity contribution is 4.91. The Morgan fingerprint density at radius 2 is 2.22 bits per heavy atom. The average molecular weight is 254 g/mol. The van der Waals surface area contributed by atoms with Gasteiger partial charge in [-0.3, -0.25) is 0 Å². The monoisotopic (exact) mass is 254 g/mol. The first-order valence-electron chi connectivity index (χ1n) is 6.78. The zero-order valence-corrected chi connectivity index (χ0v) is 11.9. The van der Waals surface area contributed by atoms with Crippen LogP contribution < -0.4 is 5.32 Å². The van der Waals surface area contributed by atoms with Gasteiger partial charge in [-0.1, -0.05) is 6.42 Å². The molecule has 0 aromatic carbocycles. The summed E-state index contributed by atoms with van der Waals surface area (Å²) in [4.78, 5) is 0. The lowest BCUT2D eigenvalue weighted by Gasteiger charge is -2.26. The number of ether oxygens (including phenoxy) is 2. The molecule has 0 amide bonds. The summed E-state index contributed by atoms with van der Waals surface area (Å²) in [7, 11) is 1.76. The zero-order valence-electron chi connectivity index (χ0n) is 11.9. The van der Waals surface area contributed by atoms with Gasteiger partial charge in [0.25, 0.3) is 0 Å². The van der Waals surface area contributed by atoms with Gasteiger partial charge in [-0.15, -0.1) is 0 Å². The second kappa shape index (κ2) is 7.08. The van der Waals surface area contributed by atoms with Crippen molar-refractivity contribution in [2.24, 2.45) is 5.41 Å². The highest BCUT2D eigenvalue weighted by Gasteiger charge is 2.34. The first-order valence-corrected chi connectivity index (χ1v) is 6.78. The number of hydrogen-bond acceptors (Lipinski definition) is 4. The van der Waals surface area contributed by atoms with Gasteiger partial charge in [0.15, 0.2) is 0 Å². The van der Waals surface area contributed by atoms with Crippen molar-refractivity contribution < 1.29 is 9.47 Å². The Morgan fingerprint density at radius 3 is 2.78 bits per heavy atom. The van der Waals surface area contributed by atoms with Crippen LogP contribution in [0, 0.1) is 16.7 Å². The molecule has 1 aliphatic rings. The van der Waals surface area contributed by atoms with Crippen molar-refractivity contribution in [3.63, 3.8) is 0 Å². The van der Waals surface area contributed by atoms with Gasteiger partial charge >= 0.3 is 0 Å². The fraction of sp³-hybridized carbons (Fsp3) is 0.929. The van der Waals surface area contributed by atoms with Crippen molar-refractivity contribution in [1.82, 2.24) is 5.32 Å². The largest absolute Gasteiger partial charge is 0.378 e. The van der Waals surface area contributed by atoms with Gasteiger partial charge in [-0.2, -0.15) is 5.26 Å². The number of methoxy groups -OCH3 is 1. The molecule has 1 N–H and O–H groups in total. The molecule has 0 bridgehead atoms. The molecule has 0 radical (unpaired) electrons. The molecule has 0 aromatic heterocycles. The van der Waals surface area contributed by atoms with E-state index in [1.54, 1.807) is 7.11 Å². The highest BCUT2D eigenvalue weighted by Crippen LogP contribution is 2.22. The van der Waals surface area contributed by atoms with Crippen LogP contribution in [0.1, 0.15) is 39.5 Å². The molecule has 4 nitrogen and oxygen atoms in total. The molecule has 1 fully saturated rings. The van der Waals surface area contributed by atoms with Gasteiger partial charge in [-0.05, 0) is 33.2 Å². The van der Waals surface area contributed by atoms with E-state index in [1.807, 2.05) is 13.8 Å². The maximum absolute atomic E-state index is 8.91. The topological polar surface area (TPSA) is 54.3 Å². The van der Waals surface area contributed by atoms with Crippen LogP contribution in [0.4, 0.5) is 0 Å².